The van der Waals surface area contributed by atoms with E-state index in [1.165, 1.54) is 0 Å². The zero-order valence-electron chi connectivity index (χ0n) is 21.0. The highest BCUT2D eigenvalue weighted by Crippen LogP contribution is 2.39. The van der Waals surface area contributed by atoms with E-state index in [0.29, 0.717) is 18.5 Å². The Bertz CT molecular complexity index is 1090. The second-order valence-electron chi connectivity index (χ2n) is 10.8. The number of phenols is 1. The molecule has 0 radical (unpaired) electrons. The normalized spacial score (nSPS) is 12.9. The van der Waals surface area contributed by atoms with Crippen LogP contribution < -0.4 is 16.4 Å². The number of nitrogens with two attached hydrogens (primary N) is 1. The average Bonchev–Trinajstić information content (AvgIpc) is 3.27. The van der Waals surface area contributed by atoms with Gasteiger partial charge in [0.1, 0.15) is 11.9 Å². The summed E-state index contributed by atoms with van der Waals surface area (Å²) in [6.45, 7) is 12.8. The molecule has 0 aliphatic heterocycles. The molecule has 0 spiro atoms. The zero-order chi connectivity index (χ0) is 25.1. The van der Waals surface area contributed by atoms with Gasteiger partial charge in [-0.1, -0.05) is 59.7 Å². The van der Waals surface area contributed by atoms with Crippen molar-refractivity contribution in [1.82, 2.24) is 5.32 Å². The average molecular weight is 480 g/mol. The Morgan fingerprint density at radius 1 is 1.00 bits per heavy atom. The first kappa shape index (κ1) is 25.8. The molecule has 1 unspecified atom stereocenters. The first-order valence-electron chi connectivity index (χ1n) is 11.7. The van der Waals surface area contributed by atoms with Crippen molar-refractivity contribution in [2.75, 3.05) is 11.9 Å². The highest BCUT2D eigenvalue weighted by atomic mass is 32.1. The number of phenolic OH excluding ortho intramolecular Hbond substituents is 1. The molecule has 5 nitrogen and oxygen atoms in total. The Morgan fingerprint density at radius 3 is 2.21 bits per heavy atom. The van der Waals surface area contributed by atoms with Crippen LogP contribution in [0.2, 0.25) is 0 Å². The van der Waals surface area contributed by atoms with Crippen LogP contribution in [0.4, 0.5) is 5.69 Å². The number of hydrogen-bond acceptors (Lipinski definition) is 5. The third kappa shape index (κ3) is 6.39. The summed E-state index contributed by atoms with van der Waals surface area (Å²) >= 11 is 1.62. The maximum atomic E-state index is 13.0. The van der Waals surface area contributed by atoms with E-state index in [-0.39, 0.29) is 28.7 Å². The fourth-order valence-corrected chi connectivity index (χ4v) is 4.54. The number of thiophene rings is 1. The molecule has 5 N–H and O–H groups in total. The molecule has 6 heteroatoms. The lowest BCUT2D eigenvalue weighted by atomic mass is 9.78. The Balaban J connectivity index is 1.68. The number of rotatable bonds is 7. The van der Waals surface area contributed by atoms with Gasteiger partial charge in [-0.25, -0.2) is 0 Å². The summed E-state index contributed by atoms with van der Waals surface area (Å²) in [6.07, 6.45) is 0.449. The van der Waals surface area contributed by atoms with Gasteiger partial charge in [-0.15, -0.1) is 11.3 Å². The van der Waals surface area contributed by atoms with Crippen molar-refractivity contribution >= 4 is 22.9 Å². The van der Waals surface area contributed by atoms with Crippen LogP contribution >= 0.6 is 11.3 Å². The number of hydrogen-bond donors (Lipinski definition) is 4. The number of anilines is 1. The Labute approximate surface area is 207 Å². The van der Waals surface area contributed by atoms with Crippen LogP contribution in [0.15, 0.2) is 53.9 Å². The van der Waals surface area contributed by atoms with Gasteiger partial charge in [-0.3, -0.25) is 4.79 Å². The molecule has 0 aliphatic rings. The Hall–Kier alpha value is -2.83. The molecule has 3 rings (SSSR count). The predicted molar refractivity (Wildman–Crippen MR) is 143 cm³/mol. The molecular formula is C28H37N3O2S. The standard InChI is InChI=1S/C28H37N3O2S/c1-27(2,3)21-16-19(17-22(24(21)32)28(4,5)6)26(33)30-13-12-18-9-7-10-20(15-18)31-25(29)23-11-8-14-34-23/h7-11,14-17,25,31-32H,12-13,29H2,1-6H3,(H,30,33). The van der Waals surface area contributed by atoms with Crippen molar-refractivity contribution in [3.8, 4) is 5.75 Å². The maximum Gasteiger partial charge on any atom is 0.251 e. The summed E-state index contributed by atoms with van der Waals surface area (Å²) in [4.78, 5) is 14.1. The van der Waals surface area contributed by atoms with Crippen molar-refractivity contribution in [2.45, 2.75) is 65.0 Å². The molecule has 3 aromatic rings. The van der Waals surface area contributed by atoms with Crippen molar-refractivity contribution in [2.24, 2.45) is 5.73 Å². The quantitative estimate of drug-likeness (QED) is 0.309. The minimum absolute atomic E-state index is 0.134. The summed E-state index contributed by atoms with van der Waals surface area (Å²) in [5, 5.41) is 19.3. The number of benzene rings is 2. The first-order valence-corrected chi connectivity index (χ1v) is 12.5. The monoisotopic (exact) mass is 479 g/mol. The SMILES string of the molecule is CC(C)(C)c1cc(C(=O)NCCc2cccc(NC(N)c3cccs3)c2)cc(C(C)(C)C)c1O. The van der Waals surface area contributed by atoms with Gasteiger partial charge >= 0.3 is 0 Å². The van der Waals surface area contributed by atoms with Crippen LogP contribution in [0.5, 0.6) is 5.75 Å². The second-order valence-corrected chi connectivity index (χ2v) is 11.7. The van der Waals surface area contributed by atoms with E-state index < -0.39 is 0 Å². The fourth-order valence-electron chi connectivity index (χ4n) is 3.87. The summed E-state index contributed by atoms with van der Waals surface area (Å²) in [5.74, 6) is 0.145. The van der Waals surface area contributed by atoms with Gasteiger partial charge in [-0.05, 0) is 58.5 Å². The highest BCUT2D eigenvalue weighted by molar-refractivity contribution is 7.10. The summed E-state index contributed by atoms with van der Waals surface area (Å²) in [5.41, 5.74) is 9.89. The van der Waals surface area contributed by atoms with E-state index in [1.807, 2.05) is 89.4 Å². The molecule has 2 aromatic carbocycles. The predicted octanol–water partition coefficient (Wildman–Crippen LogP) is 6.09. The molecule has 1 atom stereocenters. The van der Waals surface area contributed by atoms with Crippen LogP contribution in [-0.2, 0) is 17.3 Å². The van der Waals surface area contributed by atoms with Gasteiger partial charge < -0.3 is 21.5 Å². The van der Waals surface area contributed by atoms with Gasteiger partial charge in [0.15, 0.2) is 0 Å². The third-order valence-electron chi connectivity index (χ3n) is 5.79. The van der Waals surface area contributed by atoms with E-state index in [0.717, 1.165) is 27.3 Å². The Kier molecular flexibility index (Phi) is 7.74. The molecule has 1 heterocycles. The smallest absolute Gasteiger partial charge is 0.251 e. The number of amides is 1. The van der Waals surface area contributed by atoms with Gasteiger partial charge in [0.2, 0.25) is 0 Å². The minimum Gasteiger partial charge on any atom is -0.507 e. The largest absolute Gasteiger partial charge is 0.507 e. The van der Waals surface area contributed by atoms with Gasteiger partial charge in [0.25, 0.3) is 5.91 Å². The van der Waals surface area contributed by atoms with Crippen LogP contribution in [-0.4, -0.2) is 17.6 Å². The molecule has 1 aromatic heterocycles. The highest BCUT2D eigenvalue weighted by Gasteiger charge is 2.27. The van der Waals surface area contributed by atoms with Crippen molar-refractivity contribution < 1.29 is 9.90 Å². The lowest BCUT2D eigenvalue weighted by Gasteiger charge is -2.28. The molecule has 1 amide bonds. The number of aromatic hydroxyl groups is 1. The zero-order valence-corrected chi connectivity index (χ0v) is 21.8. The Morgan fingerprint density at radius 2 is 1.65 bits per heavy atom. The lowest BCUT2D eigenvalue weighted by Crippen LogP contribution is -2.27. The molecule has 0 aliphatic carbocycles. The third-order valence-corrected chi connectivity index (χ3v) is 6.74. The van der Waals surface area contributed by atoms with Crippen LogP contribution in [0, 0.1) is 0 Å². The molecule has 182 valence electrons. The second kappa shape index (κ2) is 10.2. The number of nitrogens with one attached hydrogen (secondary N) is 2. The van der Waals surface area contributed by atoms with E-state index in [2.05, 4.69) is 16.7 Å². The van der Waals surface area contributed by atoms with Crippen LogP contribution in [0.1, 0.15) is 79.6 Å². The number of carbonyl (C=O) groups is 1. The van der Waals surface area contributed by atoms with Crippen LogP contribution in [0.25, 0.3) is 0 Å². The molecule has 0 saturated heterocycles. The van der Waals surface area contributed by atoms with Gasteiger partial charge in [0.05, 0.1) is 0 Å². The fraction of sp³-hybridized carbons (Fsp3) is 0.393. The molecule has 34 heavy (non-hydrogen) atoms. The molecule has 0 saturated carbocycles. The minimum atomic E-state index is -0.280. The van der Waals surface area contributed by atoms with Crippen molar-refractivity contribution in [1.29, 1.82) is 0 Å². The van der Waals surface area contributed by atoms with Gasteiger partial charge in [-0.2, -0.15) is 0 Å². The van der Waals surface area contributed by atoms with E-state index in [9.17, 15) is 9.90 Å². The molecular weight excluding hydrogens is 442 g/mol. The topological polar surface area (TPSA) is 87.4 Å². The molecule has 0 fully saturated rings. The summed E-state index contributed by atoms with van der Waals surface area (Å²) < 4.78 is 0. The first-order chi connectivity index (χ1) is 15.9. The van der Waals surface area contributed by atoms with Crippen LogP contribution in [0.3, 0.4) is 0 Å². The maximum absolute atomic E-state index is 13.0. The summed E-state index contributed by atoms with van der Waals surface area (Å²) in [6, 6.07) is 15.7. The molecule has 0 bridgehead atoms. The number of carbonyl (C=O) groups excluding carboxylic acids is 1. The van der Waals surface area contributed by atoms with E-state index in [4.69, 9.17) is 5.73 Å². The van der Waals surface area contributed by atoms with E-state index >= 15 is 0 Å². The lowest BCUT2D eigenvalue weighted by molar-refractivity contribution is 0.0954. The van der Waals surface area contributed by atoms with Gasteiger partial charge in [0, 0.05) is 33.8 Å². The van der Waals surface area contributed by atoms with E-state index in [1.54, 1.807) is 11.3 Å². The summed E-state index contributed by atoms with van der Waals surface area (Å²) in [7, 11) is 0. The van der Waals surface area contributed by atoms with Crippen molar-refractivity contribution in [3.05, 3.63) is 81.0 Å². The van der Waals surface area contributed by atoms with Crippen molar-refractivity contribution in [3.63, 3.8) is 0 Å².